The maximum atomic E-state index is 13.1. The SMILES string of the molecule is C=C=C(CN(CC#CC(C)(C)C)S(=O)(=O)c1ccc(C)cc1)C(C)C. The number of aryl methyl sites for hydroxylation is 1. The zero-order chi connectivity index (χ0) is 19.3. The quantitative estimate of drug-likeness (QED) is 0.557. The Labute approximate surface area is 153 Å². The van der Waals surface area contributed by atoms with E-state index in [1.54, 1.807) is 24.3 Å². The fourth-order valence-corrected chi connectivity index (χ4v) is 3.43. The van der Waals surface area contributed by atoms with E-state index < -0.39 is 10.0 Å². The van der Waals surface area contributed by atoms with Gasteiger partial charge >= 0.3 is 0 Å². The van der Waals surface area contributed by atoms with Gasteiger partial charge in [-0.2, -0.15) is 4.31 Å². The lowest BCUT2D eigenvalue weighted by atomic mass is 9.98. The Hall–Kier alpha value is -1.79. The summed E-state index contributed by atoms with van der Waals surface area (Å²) in [6.07, 6.45) is 0. The van der Waals surface area contributed by atoms with E-state index in [4.69, 9.17) is 0 Å². The largest absolute Gasteiger partial charge is 0.244 e. The summed E-state index contributed by atoms with van der Waals surface area (Å²) < 4.78 is 27.5. The molecule has 3 nitrogen and oxygen atoms in total. The van der Waals surface area contributed by atoms with E-state index in [9.17, 15) is 8.42 Å². The number of benzene rings is 1. The first kappa shape index (κ1) is 21.3. The van der Waals surface area contributed by atoms with Crippen LogP contribution in [0.1, 0.15) is 40.2 Å². The van der Waals surface area contributed by atoms with Gasteiger partial charge in [-0.05, 0) is 51.3 Å². The first-order chi connectivity index (χ1) is 11.5. The molecule has 0 N–H and O–H groups in total. The van der Waals surface area contributed by atoms with Crippen LogP contribution in [0, 0.1) is 30.1 Å². The summed E-state index contributed by atoms with van der Waals surface area (Å²) >= 11 is 0. The van der Waals surface area contributed by atoms with Gasteiger partial charge in [-0.3, -0.25) is 0 Å². The van der Waals surface area contributed by atoms with Gasteiger partial charge in [0.1, 0.15) is 0 Å². The molecule has 0 aliphatic rings. The van der Waals surface area contributed by atoms with E-state index in [1.807, 2.05) is 41.5 Å². The fourth-order valence-electron chi connectivity index (χ4n) is 2.11. The molecule has 0 unspecified atom stereocenters. The predicted octanol–water partition coefficient (Wildman–Crippen LogP) is 4.40. The van der Waals surface area contributed by atoms with Gasteiger partial charge in [0.15, 0.2) is 0 Å². The van der Waals surface area contributed by atoms with Crippen LogP contribution in [0.5, 0.6) is 0 Å². The zero-order valence-electron chi connectivity index (χ0n) is 16.2. The highest BCUT2D eigenvalue weighted by atomic mass is 32.2. The van der Waals surface area contributed by atoms with E-state index in [-0.39, 0.29) is 29.3 Å². The molecule has 0 saturated carbocycles. The molecule has 0 fully saturated rings. The predicted molar refractivity (Wildman–Crippen MR) is 105 cm³/mol. The summed E-state index contributed by atoms with van der Waals surface area (Å²) in [5, 5.41) is 0. The summed E-state index contributed by atoms with van der Waals surface area (Å²) in [6.45, 7) is 16.0. The van der Waals surface area contributed by atoms with Crippen LogP contribution < -0.4 is 0 Å². The minimum atomic E-state index is -3.63. The average Bonchev–Trinajstić information content (AvgIpc) is 2.49. The summed E-state index contributed by atoms with van der Waals surface area (Å²) in [5.74, 6) is 6.29. The fraction of sp³-hybridized carbons (Fsp3) is 0.476. The minimum absolute atomic E-state index is 0.144. The Morgan fingerprint density at radius 2 is 1.76 bits per heavy atom. The van der Waals surface area contributed by atoms with Crippen LogP contribution in [0.2, 0.25) is 0 Å². The average molecular weight is 360 g/mol. The monoisotopic (exact) mass is 359 g/mol. The van der Waals surface area contributed by atoms with E-state index >= 15 is 0 Å². The van der Waals surface area contributed by atoms with Crippen LogP contribution >= 0.6 is 0 Å². The van der Waals surface area contributed by atoms with Gasteiger partial charge in [0, 0.05) is 12.0 Å². The van der Waals surface area contributed by atoms with Crippen molar-refractivity contribution in [3.05, 3.63) is 47.7 Å². The van der Waals surface area contributed by atoms with Crippen LogP contribution in [0.25, 0.3) is 0 Å². The molecule has 0 radical (unpaired) electrons. The molecule has 0 atom stereocenters. The van der Waals surface area contributed by atoms with Crippen molar-refractivity contribution in [2.45, 2.75) is 46.4 Å². The van der Waals surface area contributed by atoms with Gasteiger partial charge < -0.3 is 0 Å². The number of hydrogen-bond acceptors (Lipinski definition) is 2. The molecule has 0 aromatic heterocycles. The lowest BCUT2D eigenvalue weighted by Crippen LogP contribution is -2.34. The number of hydrogen-bond donors (Lipinski definition) is 0. The lowest BCUT2D eigenvalue weighted by Gasteiger charge is -2.22. The van der Waals surface area contributed by atoms with E-state index in [2.05, 4.69) is 24.2 Å². The van der Waals surface area contributed by atoms with Crippen LogP contribution in [0.4, 0.5) is 0 Å². The standard InChI is InChI=1S/C21H29NO2S/c1-8-19(17(2)3)16-22(15-9-14-21(5,6)7)25(23,24)20-12-10-18(4)11-13-20/h10-13,17H,1,15-16H2,2-7H3. The molecule has 0 bridgehead atoms. The lowest BCUT2D eigenvalue weighted by molar-refractivity contribution is 0.458. The first-order valence-electron chi connectivity index (χ1n) is 8.43. The third-order valence-electron chi connectivity index (χ3n) is 3.65. The van der Waals surface area contributed by atoms with Gasteiger partial charge in [-0.15, -0.1) is 5.73 Å². The van der Waals surface area contributed by atoms with E-state index in [1.165, 1.54) is 4.31 Å². The second-order valence-corrected chi connectivity index (χ2v) is 9.43. The Bertz CT molecular complexity index is 794. The second-order valence-electron chi connectivity index (χ2n) is 7.49. The van der Waals surface area contributed by atoms with Crippen molar-refractivity contribution in [3.63, 3.8) is 0 Å². The first-order valence-corrected chi connectivity index (χ1v) is 9.87. The molecule has 136 valence electrons. The number of nitrogens with zero attached hydrogens (tertiary/aromatic N) is 1. The van der Waals surface area contributed by atoms with Crippen molar-refractivity contribution in [3.8, 4) is 11.8 Å². The molecular weight excluding hydrogens is 330 g/mol. The van der Waals surface area contributed by atoms with Crippen molar-refractivity contribution in [2.24, 2.45) is 11.3 Å². The summed E-state index contributed by atoms with van der Waals surface area (Å²) in [7, 11) is -3.63. The van der Waals surface area contributed by atoms with Crippen LogP contribution in [-0.4, -0.2) is 25.8 Å². The molecule has 0 amide bonds. The Morgan fingerprint density at radius 3 is 2.20 bits per heavy atom. The molecule has 0 heterocycles. The van der Waals surface area contributed by atoms with E-state index in [0.717, 1.165) is 11.1 Å². The van der Waals surface area contributed by atoms with Gasteiger partial charge in [-0.1, -0.05) is 50.0 Å². The molecule has 0 saturated heterocycles. The molecule has 1 rings (SSSR count). The van der Waals surface area contributed by atoms with Crippen LogP contribution in [0.15, 0.2) is 47.0 Å². The zero-order valence-corrected chi connectivity index (χ0v) is 17.0. The summed E-state index contributed by atoms with van der Waals surface area (Å²) in [6, 6.07) is 6.89. The number of sulfonamides is 1. The van der Waals surface area contributed by atoms with Crippen LogP contribution in [0.3, 0.4) is 0 Å². The van der Waals surface area contributed by atoms with E-state index in [0.29, 0.717) is 0 Å². The highest BCUT2D eigenvalue weighted by molar-refractivity contribution is 7.89. The van der Waals surface area contributed by atoms with Crippen molar-refractivity contribution in [2.75, 3.05) is 13.1 Å². The maximum Gasteiger partial charge on any atom is 0.244 e. The van der Waals surface area contributed by atoms with Gasteiger partial charge in [0.25, 0.3) is 0 Å². The van der Waals surface area contributed by atoms with Crippen molar-refractivity contribution in [1.29, 1.82) is 0 Å². The third kappa shape index (κ3) is 6.55. The smallest absolute Gasteiger partial charge is 0.207 e. The second kappa shape index (κ2) is 8.54. The Morgan fingerprint density at radius 1 is 1.20 bits per heavy atom. The molecule has 4 heteroatoms. The third-order valence-corrected chi connectivity index (χ3v) is 5.45. The Kier molecular flexibility index (Phi) is 7.26. The molecular formula is C21H29NO2S. The summed E-state index contributed by atoms with van der Waals surface area (Å²) in [4.78, 5) is 0.280. The number of rotatable bonds is 6. The molecule has 0 aliphatic heterocycles. The molecule has 25 heavy (non-hydrogen) atoms. The van der Waals surface area contributed by atoms with Crippen molar-refractivity contribution < 1.29 is 8.42 Å². The van der Waals surface area contributed by atoms with Gasteiger partial charge in [0.05, 0.1) is 11.4 Å². The molecule has 1 aromatic rings. The van der Waals surface area contributed by atoms with Gasteiger partial charge in [-0.25, -0.2) is 8.42 Å². The highest BCUT2D eigenvalue weighted by Gasteiger charge is 2.25. The highest BCUT2D eigenvalue weighted by Crippen LogP contribution is 2.20. The van der Waals surface area contributed by atoms with Crippen molar-refractivity contribution >= 4 is 10.0 Å². The molecule has 1 aromatic carbocycles. The molecule has 0 aliphatic carbocycles. The molecule has 0 spiro atoms. The van der Waals surface area contributed by atoms with Crippen LogP contribution in [-0.2, 0) is 10.0 Å². The Balaban J connectivity index is 3.26. The maximum absolute atomic E-state index is 13.1. The topological polar surface area (TPSA) is 37.4 Å². The normalized spacial score (nSPS) is 11.8. The van der Waals surface area contributed by atoms with Crippen molar-refractivity contribution in [1.82, 2.24) is 4.31 Å². The minimum Gasteiger partial charge on any atom is -0.207 e. The van der Waals surface area contributed by atoms with Gasteiger partial charge in [0.2, 0.25) is 10.0 Å². The summed E-state index contributed by atoms with van der Waals surface area (Å²) in [5.41, 5.74) is 4.59.